The maximum absolute atomic E-state index is 11.4. The summed E-state index contributed by atoms with van der Waals surface area (Å²) < 4.78 is 37.7. The Morgan fingerprint density at radius 2 is 0.938 bits per heavy atom. The SMILES string of the molecule is [3H][C-]=C1C(=O)[N+]([CH2-])=C(C)N1C.[3H][C-]=C1C(=O)[N+]([CH2-])=C(C)N1C.[3H][C](=[W])c1c([O-])[n+]([CH2-])c(C)n1C.[3H][C](=[W])c1c([O-])[n+]([CH2-])c(C)n1C.[U].[U].[U].[U].[W].[W]. The van der Waals surface area contributed by atoms with Gasteiger partial charge in [0.25, 0.3) is 11.8 Å². The van der Waals surface area contributed by atoms with Crippen molar-refractivity contribution in [2.75, 3.05) is 14.1 Å². The Morgan fingerprint density at radius 1 is 0.688 bits per heavy atom. The molecule has 0 N–H and O–H groups in total. The molecule has 2 aromatic rings. The van der Waals surface area contributed by atoms with Crippen LogP contribution in [0.25, 0.3) is 0 Å². The van der Waals surface area contributed by atoms with Crippen molar-refractivity contribution in [1.82, 2.24) is 18.9 Å². The van der Waals surface area contributed by atoms with Crippen LogP contribution in [0.3, 0.4) is 0 Å². The quantitative estimate of drug-likeness (QED) is 0.197. The van der Waals surface area contributed by atoms with Crippen molar-refractivity contribution >= 4 is 32.2 Å². The van der Waals surface area contributed by atoms with E-state index in [0.717, 1.165) is 50.4 Å². The summed E-state index contributed by atoms with van der Waals surface area (Å²) in [5.41, 5.74) is 1.35. The molecule has 4 rings (SSSR count). The second-order valence-electron chi connectivity index (χ2n) is 8.96. The van der Waals surface area contributed by atoms with Gasteiger partial charge in [-0.2, -0.15) is 0 Å². The Bertz CT molecular complexity index is 1580. The molecule has 0 fully saturated rings. The Kier molecular flexibility index (Phi) is 29.9. The molecule has 0 aliphatic carbocycles. The van der Waals surface area contributed by atoms with E-state index in [1.54, 1.807) is 74.8 Å². The molecule has 0 radical (unpaired) electrons. The van der Waals surface area contributed by atoms with Gasteiger partial charge in [0.1, 0.15) is 0 Å². The largest absolute Gasteiger partial charge is 0 e. The zero-order chi connectivity index (χ0) is 36.1. The molecule has 0 bridgehead atoms. The van der Waals surface area contributed by atoms with Gasteiger partial charge in [0.15, 0.2) is 11.7 Å². The predicted octanol–water partition coefficient (Wildman–Crippen LogP) is -1.95. The molecule has 2 amide bonds. The minimum absolute atomic E-state index is 0. The van der Waals surface area contributed by atoms with Gasteiger partial charge in [0.2, 0.25) is 0 Å². The van der Waals surface area contributed by atoms with Crippen LogP contribution in [0.15, 0.2) is 11.4 Å². The fraction of sp³-hybridized carbons (Fsp3) is 0.286. The topological polar surface area (TPSA) is 110 Å². The smallest absolute Gasteiger partial charge is 0 e. The number of likely N-dealkylation sites (N-methyl/N-ethyl adjacent to an activating group) is 2. The summed E-state index contributed by atoms with van der Waals surface area (Å²) in [5.74, 6) is 2.03. The first-order chi connectivity index (χ1) is 21.1. The average molecular weight is 2240 g/mol. The number of rotatable bonds is 2. The van der Waals surface area contributed by atoms with E-state index in [2.05, 4.69) is 41.3 Å². The van der Waals surface area contributed by atoms with Crippen LogP contribution in [0, 0.1) is 180 Å². The van der Waals surface area contributed by atoms with Gasteiger partial charge in [0, 0.05) is 178 Å². The van der Waals surface area contributed by atoms with Crippen molar-refractivity contribution in [3.63, 3.8) is 0 Å². The summed E-state index contributed by atoms with van der Waals surface area (Å²) in [6.45, 7) is 11.3. The standard InChI is InChI=1S/2C7H10N2O.2C7H9N2O.4U.4W/c4*1-5-7(10)9(4)6(2)8(5)3;;;;;;;;/h2*1,10H,4H2,2-3H3;2*1H,4H2,2-3H3;;;;;;;;/q;;2*-1;;;;;;;;/p-2/i4*1T;;;;;;;;. The van der Waals surface area contributed by atoms with E-state index >= 15 is 0 Å². The predicted molar refractivity (Wildman–Crippen MR) is 145 cm³/mol. The molecule has 0 unspecified atom stereocenters. The fourth-order valence-electron chi connectivity index (χ4n) is 3.27. The minimum atomic E-state index is -0.278. The van der Waals surface area contributed by atoms with Crippen molar-refractivity contribution in [1.29, 1.82) is 0 Å². The number of aromatic nitrogens is 4. The van der Waals surface area contributed by atoms with E-state index in [0.29, 0.717) is 31.8 Å². The van der Waals surface area contributed by atoms with E-state index in [4.69, 9.17) is 5.48 Å². The van der Waals surface area contributed by atoms with Crippen LogP contribution < -0.4 is 19.3 Å². The van der Waals surface area contributed by atoms with Crippen molar-refractivity contribution < 1.29 is 249 Å². The van der Waals surface area contributed by atoms with Crippen molar-refractivity contribution in [2.24, 2.45) is 14.1 Å². The number of carbonyl (C=O) groups is 2. The van der Waals surface area contributed by atoms with Crippen LogP contribution in [0.2, 0.25) is 0 Å². The van der Waals surface area contributed by atoms with Gasteiger partial charge in [-0.05, 0) is 27.9 Å². The first kappa shape index (κ1) is 52.1. The van der Waals surface area contributed by atoms with Crippen molar-refractivity contribution in [3.8, 4) is 11.8 Å². The van der Waals surface area contributed by atoms with Gasteiger partial charge in [-0.15, -0.1) is 0 Å². The number of hydrogen-bond donors (Lipinski definition) is 0. The Labute approximate surface area is 436 Å². The zero-order valence-electron chi connectivity index (χ0n) is 31.7. The van der Waals surface area contributed by atoms with E-state index in [1.165, 1.54) is 18.3 Å². The van der Waals surface area contributed by atoms with Crippen LogP contribution in [0.1, 0.15) is 42.4 Å². The number of carbonyl (C=O) groups excluding carboxylic acids is 2. The van der Waals surface area contributed by atoms with Gasteiger partial charge < -0.3 is 28.5 Å². The molecule has 0 atom stereocenters. The summed E-state index contributed by atoms with van der Waals surface area (Å²) >= 11 is 1.98. The summed E-state index contributed by atoms with van der Waals surface area (Å²) in [5, 5.41) is 22.8. The number of amides is 2. The molecule has 12 nitrogen and oxygen atoms in total. The van der Waals surface area contributed by atoms with Gasteiger partial charge in [0.05, 0.1) is 14.1 Å². The molecule has 0 aromatic carbocycles. The second kappa shape index (κ2) is 27.5. The summed E-state index contributed by atoms with van der Waals surface area (Å²) in [6.07, 6.45) is 0. The Balaban J connectivity index is -0.000000131. The van der Waals surface area contributed by atoms with Crippen molar-refractivity contribution in [2.45, 2.75) is 27.7 Å². The van der Waals surface area contributed by atoms with Gasteiger partial charge in [-0.25, -0.2) is 13.1 Å². The van der Waals surface area contributed by atoms with Gasteiger partial charge in [-0.1, -0.05) is 2.74 Å². The first-order valence-corrected chi connectivity index (χ1v) is 14.8. The van der Waals surface area contributed by atoms with E-state index in [-0.39, 0.29) is 202 Å². The molecule has 0 saturated heterocycles. The Morgan fingerprint density at radius 3 is 1.02 bits per heavy atom. The number of imidazole rings is 2. The zero-order valence-corrected chi connectivity index (χ0v) is 56.1. The van der Waals surface area contributed by atoms with Gasteiger partial charge >= 0.3 is 156 Å². The molecule has 4 heterocycles. The molecule has 2 aliphatic heterocycles. The Hall–Kier alpha value is 1.96. The molecule has 0 spiro atoms. The van der Waals surface area contributed by atoms with Crippen molar-refractivity contribution in [3.05, 3.63) is 75.7 Å². The van der Waals surface area contributed by atoms with Gasteiger partial charge in [-0.3, -0.25) is 0 Å². The third-order valence-corrected chi connectivity index (χ3v) is 8.22. The molecule has 2 aromatic heterocycles. The van der Waals surface area contributed by atoms with Crippen LogP contribution in [-0.4, -0.2) is 74.4 Å². The number of amidine groups is 2. The maximum atomic E-state index is 11.4. The summed E-state index contributed by atoms with van der Waals surface area (Å²) in [6, 6.07) is 0. The fourth-order valence-corrected chi connectivity index (χ4v) is 4.88. The molecular weight excluding hydrogens is 2200 g/mol. The van der Waals surface area contributed by atoms with E-state index in [1.807, 2.05) is 0 Å². The third kappa shape index (κ3) is 14.3. The molecule has 2 aliphatic rings. The van der Waals surface area contributed by atoms with Crippen LogP contribution in [-0.2, 0) is 105 Å². The summed E-state index contributed by atoms with van der Waals surface area (Å²) in [7, 11) is 21.1. The first-order valence-electron chi connectivity index (χ1n) is 13.9. The molecule has 0 saturated carbocycles. The average Bonchev–Trinajstić information content (AvgIpc) is 3.49. The molecule has 256 valence electrons. The monoisotopic (exact) mass is 2240 g/mol. The number of nitrogens with zero attached hydrogens (tertiary/aromatic N) is 8. The maximum Gasteiger partial charge on any atom is 0 e. The molecular formula is C28H36N8O4U4W4-4. The summed E-state index contributed by atoms with van der Waals surface area (Å²) in [4.78, 5) is 25.4. The molecule has 48 heavy (non-hydrogen) atoms. The third-order valence-electron chi connectivity index (χ3n) is 6.83. The normalized spacial score (nSPS) is 15.4. The van der Waals surface area contributed by atoms with Crippen LogP contribution in [0.4, 0.5) is 0 Å². The second-order valence-corrected chi connectivity index (χ2v) is 10.4. The van der Waals surface area contributed by atoms with Crippen LogP contribution >= 0.6 is 0 Å². The molecule has 20 heteroatoms. The van der Waals surface area contributed by atoms with E-state index < -0.39 is 0 Å². The van der Waals surface area contributed by atoms with Crippen LogP contribution in [0.5, 0.6) is 11.8 Å². The van der Waals surface area contributed by atoms with E-state index in [9.17, 15) is 19.8 Å². The minimum Gasteiger partial charge on any atom is 0 e. The number of hydrogen-bond acceptors (Lipinski definition) is 6.